The molecule has 0 aliphatic carbocycles. The lowest BCUT2D eigenvalue weighted by molar-refractivity contribution is -0.165. The van der Waals surface area contributed by atoms with Crippen molar-refractivity contribution < 1.29 is 14.6 Å². The minimum Gasteiger partial charge on any atom is -0.389 e. The Morgan fingerprint density at radius 3 is 3.00 bits per heavy atom. The predicted octanol–water partition coefficient (Wildman–Crippen LogP) is 1.66. The number of ether oxygens (including phenoxy) is 2. The lowest BCUT2D eigenvalue weighted by Crippen LogP contribution is -2.57. The van der Waals surface area contributed by atoms with Gasteiger partial charge in [0, 0.05) is 24.0 Å². The summed E-state index contributed by atoms with van der Waals surface area (Å²) < 4.78 is 13.6. The van der Waals surface area contributed by atoms with Crippen molar-refractivity contribution in [2.24, 2.45) is 0 Å². The molecule has 7 heteroatoms. The van der Waals surface area contributed by atoms with Crippen LogP contribution in [0.4, 0.5) is 0 Å². The average molecular weight is 350 g/mol. The number of aromatic nitrogens is 2. The van der Waals surface area contributed by atoms with Crippen LogP contribution in [0.2, 0.25) is 5.02 Å². The fourth-order valence-electron chi connectivity index (χ4n) is 3.52. The summed E-state index contributed by atoms with van der Waals surface area (Å²) in [6.45, 7) is 2.92. The third-order valence-corrected chi connectivity index (χ3v) is 5.17. The smallest absolute Gasteiger partial charge is 0.181 e. The van der Waals surface area contributed by atoms with Gasteiger partial charge in [-0.15, -0.1) is 0 Å². The molecule has 2 aliphatic rings. The third-order valence-electron chi connectivity index (χ3n) is 4.80. The monoisotopic (exact) mass is 349 g/mol. The molecule has 2 saturated heterocycles. The number of hydrogen-bond acceptors (Lipinski definition) is 5. The molecule has 0 spiro atoms. The van der Waals surface area contributed by atoms with Gasteiger partial charge >= 0.3 is 0 Å². The first-order valence-corrected chi connectivity index (χ1v) is 8.44. The maximum atomic E-state index is 10.9. The van der Waals surface area contributed by atoms with Gasteiger partial charge in [0.15, 0.2) is 6.29 Å². The highest BCUT2D eigenvalue weighted by Crippen LogP contribution is 2.36. The van der Waals surface area contributed by atoms with Gasteiger partial charge in [-0.3, -0.25) is 0 Å². The minimum absolute atomic E-state index is 0.174. The third kappa shape index (κ3) is 2.74. The van der Waals surface area contributed by atoms with Crippen molar-refractivity contribution in [3.63, 3.8) is 0 Å². The largest absolute Gasteiger partial charge is 0.389 e. The van der Waals surface area contributed by atoms with Gasteiger partial charge in [-0.05, 0) is 18.6 Å². The molecule has 1 aromatic carbocycles. The van der Waals surface area contributed by atoms with Gasteiger partial charge in [0.2, 0.25) is 0 Å². The van der Waals surface area contributed by atoms with Gasteiger partial charge in [-0.1, -0.05) is 29.8 Å². The van der Waals surface area contributed by atoms with Crippen LogP contribution in [0, 0.1) is 6.92 Å². The molecule has 128 valence electrons. The van der Waals surface area contributed by atoms with Crippen LogP contribution in [0.15, 0.2) is 36.7 Å². The van der Waals surface area contributed by atoms with Crippen molar-refractivity contribution in [1.82, 2.24) is 14.9 Å². The lowest BCUT2D eigenvalue weighted by Gasteiger charge is -2.39. The van der Waals surface area contributed by atoms with Crippen molar-refractivity contribution in [3.05, 3.63) is 53.1 Å². The van der Waals surface area contributed by atoms with Crippen molar-refractivity contribution in [3.8, 4) is 0 Å². The molecule has 5 unspecified atom stereocenters. The number of fused-ring (bicyclic) bond motifs is 2. The molecule has 4 rings (SSSR count). The van der Waals surface area contributed by atoms with E-state index in [1.54, 1.807) is 6.20 Å². The van der Waals surface area contributed by atoms with Crippen LogP contribution >= 0.6 is 11.6 Å². The zero-order valence-corrected chi connectivity index (χ0v) is 14.1. The molecule has 3 heterocycles. The molecule has 2 N–H and O–H groups in total. The van der Waals surface area contributed by atoms with Gasteiger partial charge in [0.25, 0.3) is 0 Å². The van der Waals surface area contributed by atoms with Gasteiger partial charge in [0.05, 0.1) is 18.8 Å². The second kappa shape index (κ2) is 6.46. The lowest BCUT2D eigenvalue weighted by atomic mass is 9.95. The number of halogens is 1. The standard InChI is InChI=1S/C17H20ClN3O3/c1-10-19-6-7-21(10)15-16(22)14(13-9-23-17(15)24-13)20-8-11-4-2-3-5-12(11)18/h2-7,13-17,20,22H,8-9H2,1H3. The Kier molecular flexibility index (Phi) is 4.32. The van der Waals surface area contributed by atoms with Crippen LogP contribution in [-0.4, -0.2) is 45.8 Å². The summed E-state index contributed by atoms with van der Waals surface area (Å²) in [6, 6.07) is 7.11. The van der Waals surface area contributed by atoms with E-state index in [0.717, 1.165) is 11.4 Å². The molecular weight excluding hydrogens is 330 g/mol. The van der Waals surface area contributed by atoms with E-state index in [2.05, 4.69) is 10.3 Å². The highest BCUT2D eigenvalue weighted by atomic mass is 35.5. The van der Waals surface area contributed by atoms with Crippen molar-refractivity contribution in [2.45, 2.75) is 44.1 Å². The molecule has 2 aromatic rings. The van der Waals surface area contributed by atoms with E-state index in [1.165, 1.54) is 0 Å². The Labute approximate surface area is 145 Å². The number of aliphatic hydroxyl groups excluding tert-OH is 1. The fourth-order valence-corrected chi connectivity index (χ4v) is 3.72. The molecule has 2 fully saturated rings. The summed E-state index contributed by atoms with van der Waals surface area (Å²) in [5.41, 5.74) is 0.989. The summed E-state index contributed by atoms with van der Waals surface area (Å²) in [5.74, 6) is 0.821. The minimum atomic E-state index is -0.647. The van der Waals surface area contributed by atoms with Crippen LogP contribution < -0.4 is 5.32 Å². The van der Waals surface area contributed by atoms with Crippen LogP contribution in [0.1, 0.15) is 17.4 Å². The van der Waals surface area contributed by atoms with E-state index < -0.39 is 12.4 Å². The predicted molar refractivity (Wildman–Crippen MR) is 88.7 cm³/mol. The topological polar surface area (TPSA) is 68.5 Å². The summed E-state index contributed by atoms with van der Waals surface area (Å²) in [7, 11) is 0. The highest BCUT2D eigenvalue weighted by molar-refractivity contribution is 6.31. The zero-order valence-electron chi connectivity index (χ0n) is 13.3. The number of aliphatic hydroxyl groups is 1. The first-order chi connectivity index (χ1) is 11.6. The van der Waals surface area contributed by atoms with Crippen molar-refractivity contribution in [1.29, 1.82) is 0 Å². The number of imidazole rings is 1. The maximum Gasteiger partial charge on any atom is 0.181 e. The second-order valence-electron chi connectivity index (χ2n) is 6.24. The first-order valence-electron chi connectivity index (χ1n) is 8.06. The quantitative estimate of drug-likeness (QED) is 0.878. The van der Waals surface area contributed by atoms with Crippen LogP contribution in [0.25, 0.3) is 0 Å². The molecule has 0 saturated carbocycles. The Morgan fingerprint density at radius 1 is 1.42 bits per heavy atom. The van der Waals surface area contributed by atoms with E-state index in [1.807, 2.05) is 42.0 Å². The Morgan fingerprint density at radius 2 is 2.25 bits per heavy atom. The van der Waals surface area contributed by atoms with Crippen LogP contribution in [0.3, 0.4) is 0 Å². The number of nitrogens with zero attached hydrogens (tertiary/aromatic N) is 2. The summed E-state index contributed by atoms with van der Waals surface area (Å²) in [5, 5.41) is 15.1. The van der Waals surface area contributed by atoms with Gasteiger partial charge in [0.1, 0.15) is 18.0 Å². The van der Waals surface area contributed by atoms with E-state index in [0.29, 0.717) is 18.2 Å². The molecule has 2 aliphatic heterocycles. The Hall–Kier alpha value is -1.44. The molecule has 24 heavy (non-hydrogen) atoms. The van der Waals surface area contributed by atoms with Gasteiger partial charge in [-0.25, -0.2) is 4.98 Å². The van der Waals surface area contributed by atoms with Gasteiger partial charge in [-0.2, -0.15) is 0 Å². The number of aryl methyl sites for hydroxylation is 1. The Bertz CT molecular complexity index is 723. The van der Waals surface area contributed by atoms with Crippen molar-refractivity contribution in [2.75, 3.05) is 6.61 Å². The zero-order chi connectivity index (χ0) is 16.7. The van der Waals surface area contributed by atoms with E-state index in [4.69, 9.17) is 21.1 Å². The van der Waals surface area contributed by atoms with Crippen molar-refractivity contribution >= 4 is 11.6 Å². The fraction of sp³-hybridized carbons (Fsp3) is 0.471. The van der Waals surface area contributed by atoms with Gasteiger partial charge < -0.3 is 24.5 Å². The molecule has 1 aromatic heterocycles. The second-order valence-corrected chi connectivity index (χ2v) is 6.64. The number of hydrogen-bond donors (Lipinski definition) is 2. The first kappa shape index (κ1) is 16.1. The van der Waals surface area contributed by atoms with E-state index in [-0.39, 0.29) is 18.2 Å². The molecule has 0 amide bonds. The molecule has 5 atom stereocenters. The summed E-state index contributed by atoms with van der Waals surface area (Å²) in [6.07, 6.45) is 2.30. The van der Waals surface area contributed by atoms with E-state index >= 15 is 0 Å². The number of rotatable bonds is 4. The summed E-state index contributed by atoms with van der Waals surface area (Å²) in [4.78, 5) is 4.24. The highest BCUT2D eigenvalue weighted by Gasteiger charge is 2.50. The normalized spacial score (nSPS) is 32.2. The maximum absolute atomic E-state index is 10.9. The molecule has 2 bridgehead atoms. The Balaban J connectivity index is 1.54. The average Bonchev–Trinajstić information content (AvgIpc) is 3.18. The summed E-state index contributed by atoms with van der Waals surface area (Å²) >= 11 is 6.22. The molecule has 0 radical (unpaired) electrons. The molecule has 6 nitrogen and oxygen atoms in total. The SMILES string of the molecule is Cc1nccn1C1C2OCC(O2)C(NCc2ccccc2Cl)C1O. The van der Waals surface area contributed by atoms with E-state index in [9.17, 15) is 5.11 Å². The number of nitrogens with one attached hydrogen (secondary N) is 1. The molecular formula is C17H20ClN3O3. The number of benzene rings is 1. The van der Waals surface area contributed by atoms with Crippen LogP contribution in [-0.2, 0) is 16.0 Å². The van der Waals surface area contributed by atoms with Crippen LogP contribution in [0.5, 0.6) is 0 Å².